The summed E-state index contributed by atoms with van der Waals surface area (Å²) in [6.45, 7) is 1.15. The van der Waals surface area contributed by atoms with E-state index in [-0.39, 0.29) is 30.5 Å². The number of guanidine groups is 1. The number of piperazine rings is 1. The zero-order valence-corrected chi connectivity index (χ0v) is 12.5. The van der Waals surface area contributed by atoms with Gasteiger partial charge in [-0.3, -0.25) is 20.4 Å². The fraction of sp³-hybridized carbons (Fsp3) is 0.333. The number of ether oxygens (including phenoxy) is 1. The second kappa shape index (κ2) is 7.21. The lowest BCUT2D eigenvalue weighted by atomic mass is 10.3. The van der Waals surface area contributed by atoms with Crippen molar-refractivity contribution in [1.29, 1.82) is 0 Å². The van der Waals surface area contributed by atoms with Crippen molar-refractivity contribution in [2.75, 3.05) is 26.2 Å². The molecule has 12 nitrogen and oxygen atoms in total. The first kappa shape index (κ1) is 16.9. The summed E-state index contributed by atoms with van der Waals surface area (Å²) in [5.41, 5.74) is 7.29. The third kappa shape index (κ3) is 4.28. The van der Waals surface area contributed by atoms with Gasteiger partial charge in [0.05, 0.1) is 31.1 Å². The van der Waals surface area contributed by atoms with E-state index in [1.807, 2.05) is 5.43 Å². The van der Waals surface area contributed by atoms with Crippen LogP contribution in [-0.2, 0) is 0 Å². The molecule has 1 saturated heterocycles. The molecule has 0 atom stereocenters. The average Bonchev–Trinajstić information content (AvgIpc) is 2.54. The average molecular weight is 339 g/mol. The Balaban J connectivity index is 1.91. The van der Waals surface area contributed by atoms with E-state index >= 15 is 0 Å². The van der Waals surface area contributed by atoms with Gasteiger partial charge in [0.2, 0.25) is 5.03 Å². The fourth-order valence-electron chi connectivity index (χ4n) is 2.10. The molecule has 0 saturated carbocycles. The van der Waals surface area contributed by atoms with Crippen LogP contribution in [-0.4, -0.2) is 57.7 Å². The molecule has 1 aliphatic heterocycles. The molecule has 3 N–H and O–H groups in total. The van der Waals surface area contributed by atoms with Crippen LogP contribution in [0.5, 0.6) is 5.75 Å². The minimum Gasteiger partial charge on any atom is -0.410 e. The van der Waals surface area contributed by atoms with E-state index < -0.39 is 16.0 Å². The summed E-state index contributed by atoms with van der Waals surface area (Å²) in [6, 6.07) is 5.14. The van der Waals surface area contributed by atoms with Gasteiger partial charge in [-0.25, -0.2) is 14.9 Å². The first-order chi connectivity index (χ1) is 11.4. The Labute approximate surface area is 135 Å². The van der Waals surface area contributed by atoms with Gasteiger partial charge in [-0.15, -0.1) is 0 Å². The molecular formula is C12H15N6O6+. The maximum Gasteiger partial charge on any atom is 0.415 e. The minimum atomic E-state index is -0.759. The molecule has 1 fully saturated rings. The van der Waals surface area contributed by atoms with E-state index in [9.17, 15) is 25.0 Å². The number of carbonyl (C=O) groups excluding carboxylic acids is 1. The molecule has 1 heterocycles. The third-order valence-corrected chi connectivity index (χ3v) is 3.34. The lowest BCUT2D eigenvalue weighted by Gasteiger charge is -2.27. The highest BCUT2D eigenvalue weighted by atomic mass is 16.7. The molecule has 0 radical (unpaired) electrons. The van der Waals surface area contributed by atoms with Crippen molar-refractivity contribution in [3.63, 3.8) is 0 Å². The zero-order valence-electron chi connectivity index (χ0n) is 12.5. The number of benzene rings is 1. The number of nitrogens with zero attached hydrogens (tertiary/aromatic N) is 4. The molecule has 12 heteroatoms. The molecule has 24 heavy (non-hydrogen) atoms. The van der Waals surface area contributed by atoms with Crippen LogP contribution in [0.3, 0.4) is 0 Å². The van der Waals surface area contributed by atoms with Gasteiger partial charge in [-0.2, -0.15) is 0 Å². The van der Waals surface area contributed by atoms with Crippen molar-refractivity contribution < 1.29 is 24.1 Å². The van der Waals surface area contributed by atoms with Crippen LogP contribution >= 0.6 is 0 Å². The van der Waals surface area contributed by atoms with Crippen molar-refractivity contribution in [2.24, 2.45) is 5.73 Å². The Morgan fingerprint density at radius 2 is 1.79 bits per heavy atom. The van der Waals surface area contributed by atoms with E-state index in [2.05, 4.69) is 0 Å². The third-order valence-electron chi connectivity index (χ3n) is 3.34. The van der Waals surface area contributed by atoms with Crippen molar-refractivity contribution >= 4 is 17.7 Å². The van der Waals surface area contributed by atoms with Crippen LogP contribution in [0.2, 0.25) is 0 Å². The zero-order chi connectivity index (χ0) is 17.7. The maximum atomic E-state index is 12.0. The van der Waals surface area contributed by atoms with Crippen LogP contribution < -0.4 is 15.9 Å². The molecule has 2 rings (SSSR count). The van der Waals surface area contributed by atoms with Gasteiger partial charge in [-0.05, 0) is 12.1 Å². The molecule has 0 aliphatic carbocycles. The van der Waals surface area contributed by atoms with E-state index in [1.54, 1.807) is 4.58 Å². The summed E-state index contributed by atoms with van der Waals surface area (Å²) in [4.78, 5) is 33.8. The minimum absolute atomic E-state index is 0.0941. The summed E-state index contributed by atoms with van der Waals surface area (Å²) in [5, 5.41) is 20.1. The Bertz CT molecular complexity index is 678. The number of non-ortho nitro benzene ring substituents is 1. The lowest BCUT2D eigenvalue weighted by Crippen LogP contribution is -2.52. The molecule has 0 aromatic heterocycles. The van der Waals surface area contributed by atoms with Crippen LogP contribution in [0.15, 0.2) is 24.3 Å². The molecule has 0 unspecified atom stereocenters. The number of hydrogen-bond donors (Lipinski definition) is 2. The number of nitro groups is 2. The summed E-state index contributed by atoms with van der Waals surface area (Å²) in [6.07, 6.45) is -0.607. The summed E-state index contributed by atoms with van der Waals surface area (Å²) in [7, 11) is 0. The highest BCUT2D eigenvalue weighted by molar-refractivity contribution is 5.72. The van der Waals surface area contributed by atoms with Crippen LogP contribution in [0.25, 0.3) is 0 Å². The number of amides is 1. The molecule has 1 aromatic carbocycles. The van der Waals surface area contributed by atoms with Gasteiger partial charge in [0.15, 0.2) is 0 Å². The molecular weight excluding hydrogens is 324 g/mol. The van der Waals surface area contributed by atoms with Crippen LogP contribution in [0, 0.1) is 20.2 Å². The standard InChI is InChI=1S/C12H14N6O6/c13-11(14-18(22)23)15-5-7-16(8-6-15)12(19)24-10-3-1-9(2-4-10)17(20)21/h1-4H,5-8H2,(H2,13,14)/p+1. The Hall–Kier alpha value is -3.44. The Kier molecular flexibility index (Phi) is 5.09. The predicted molar refractivity (Wildman–Crippen MR) is 80.0 cm³/mol. The number of nitrogens with two attached hydrogens (primary N) is 1. The number of hydrogen-bond acceptors (Lipinski definition) is 6. The van der Waals surface area contributed by atoms with Gasteiger partial charge < -0.3 is 9.64 Å². The van der Waals surface area contributed by atoms with Gasteiger partial charge in [0.1, 0.15) is 5.75 Å². The normalized spacial score (nSPS) is 14.0. The van der Waals surface area contributed by atoms with Crippen molar-refractivity contribution in [3.8, 4) is 5.75 Å². The molecule has 1 amide bonds. The SMILES string of the molecule is NC(N[N+](=O)[O-])=[N+]1CCN(C(=O)Oc2ccc([N+](=O)[O-])cc2)CC1. The summed E-state index contributed by atoms with van der Waals surface area (Å²) >= 11 is 0. The monoisotopic (exact) mass is 339 g/mol. The van der Waals surface area contributed by atoms with Crippen molar-refractivity contribution in [1.82, 2.24) is 10.3 Å². The van der Waals surface area contributed by atoms with Gasteiger partial charge in [0, 0.05) is 17.6 Å². The molecule has 1 aliphatic rings. The Morgan fingerprint density at radius 3 is 2.29 bits per heavy atom. The number of rotatable bonds is 3. The van der Waals surface area contributed by atoms with Crippen molar-refractivity contribution in [2.45, 2.75) is 0 Å². The van der Waals surface area contributed by atoms with E-state index in [4.69, 9.17) is 10.5 Å². The van der Waals surface area contributed by atoms with Crippen LogP contribution in [0.4, 0.5) is 10.5 Å². The maximum absolute atomic E-state index is 12.0. The number of hydrazine groups is 1. The lowest BCUT2D eigenvalue weighted by molar-refractivity contribution is -0.573. The second-order valence-electron chi connectivity index (χ2n) is 4.85. The molecule has 0 spiro atoms. The fourth-order valence-corrected chi connectivity index (χ4v) is 2.10. The van der Waals surface area contributed by atoms with Crippen molar-refractivity contribution in [3.05, 3.63) is 44.5 Å². The summed E-state index contributed by atoms with van der Waals surface area (Å²) in [5.74, 6) is 0.0949. The largest absolute Gasteiger partial charge is 0.415 e. The van der Waals surface area contributed by atoms with E-state index in [0.29, 0.717) is 13.1 Å². The Morgan fingerprint density at radius 1 is 1.21 bits per heavy atom. The first-order valence-corrected chi connectivity index (χ1v) is 6.86. The highest BCUT2D eigenvalue weighted by Crippen LogP contribution is 2.18. The van der Waals surface area contributed by atoms with Gasteiger partial charge >= 0.3 is 12.1 Å². The number of nitrogens with one attached hydrogen (secondary N) is 1. The van der Waals surface area contributed by atoms with E-state index in [0.717, 1.165) is 0 Å². The predicted octanol–water partition coefficient (Wildman–Crippen LogP) is -0.482. The first-order valence-electron chi connectivity index (χ1n) is 6.86. The second-order valence-corrected chi connectivity index (χ2v) is 4.85. The smallest absolute Gasteiger partial charge is 0.410 e. The number of nitro benzene ring substituents is 1. The summed E-state index contributed by atoms with van der Waals surface area (Å²) < 4.78 is 6.67. The quantitative estimate of drug-likeness (QED) is 0.323. The highest BCUT2D eigenvalue weighted by Gasteiger charge is 2.25. The van der Waals surface area contributed by atoms with Gasteiger partial charge in [-0.1, -0.05) is 0 Å². The van der Waals surface area contributed by atoms with E-state index in [1.165, 1.54) is 29.2 Å². The number of carbonyl (C=O) groups is 1. The van der Waals surface area contributed by atoms with Gasteiger partial charge in [0.25, 0.3) is 5.69 Å². The van der Waals surface area contributed by atoms with Crippen LogP contribution in [0.1, 0.15) is 0 Å². The molecule has 0 bridgehead atoms. The molecule has 1 aromatic rings. The molecule has 128 valence electrons. The topological polar surface area (TPSA) is 157 Å².